The van der Waals surface area contributed by atoms with Crippen molar-refractivity contribution in [1.29, 1.82) is 0 Å². The van der Waals surface area contributed by atoms with E-state index in [9.17, 15) is 0 Å². The van der Waals surface area contributed by atoms with E-state index in [1.54, 1.807) is 0 Å². The van der Waals surface area contributed by atoms with E-state index in [4.69, 9.17) is 9.31 Å². The Bertz CT molecular complexity index is 658. The Labute approximate surface area is 150 Å². The van der Waals surface area contributed by atoms with Crippen LogP contribution in [-0.2, 0) is 15.9 Å². The summed E-state index contributed by atoms with van der Waals surface area (Å²) < 4.78 is 26.9. The molecule has 0 N–H and O–H groups in total. The number of hydrogen-bond acceptors (Lipinski definition) is 3. The maximum Gasteiger partial charge on any atom is 0.525 e. The molecule has 134 valence electrons. The van der Waals surface area contributed by atoms with Crippen LogP contribution in [0.4, 0.5) is 4.39 Å². The van der Waals surface area contributed by atoms with E-state index in [1.807, 2.05) is 33.8 Å². The van der Waals surface area contributed by atoms with Crippen LogP contribution in [0.15, 0.2) is 41.6 Å². The van der Waals surface area contributed by atoms with Gasteiger partial charge in [0.1, 0.15) is 5.73 Å². The number of halogens is 1. The maximum absolute atomic E-state index is 15.1. The summed E-state index contributed by atoms with van der Waals surface area (Å²) in [5.41, 5.74) is 1.12. The van der Waals surface area contributed by atoms with Crippen LogP contribution in [0.1, 0.15) is 39.7 Å². The molecule has 1 aromatic rings. The van der Waals surface area contributed by atoms with Crippen LogP contribution < -0.4 is 0 Å². The fraction of sp³-hybridized carbons (Fsp3) is 0.600. The van der Waals surface area contributed by atoms with Crippen LogP contribution >= 0.6 is 0 Å². The van der Waals surface area contributed by atoms with Gasteiger partial charge in [0.25, 0.3) is 0 Å². The molecule has 1 saturated carbocycles. The van der Waals surface area contributed by atoms with E-state index in [1.165, 1.54) is 5.56 Å². The molecule has 2 unspecified atom stereocenters. The fourth-order valence-electron chi connectivity index (χ4n) is 4.26. The molecule has 0 amide bonds. The van der Waals surface area contributed by atoms with Gasteiger partial charge in [0.2, 0.25) is 0 Å². The second-order valence-corrected chi connectivity index (χ2v) is 8.70. The molecule has 0 spiro atoms. The molecular formula is C20H27BFNO2. The van der Waals surface area contributed by atoms with Gasteiger partial charge in [-0.05, 0) is 57.1 Å². The third-order valence-electron chi connectivity index (χ3n) is 6.39. The Hall–Kier alpha value is -1.17. The van der Waals surface area contributed by atoms with Crippen LogP contribution in [0.2, 0.25) is 0 Å². The van der Waals surface area contributed by atoms with Gasteiger partial charge in [-0.15, -0.1) is 0 Å². The molecule has 2 bridgehead atoms. The first-order valence-corrected chi connectivity index (χ1v) is 9.28. The molecular weight excluding hydrogens is 316 g/mol. The highest BCUT2D eigenvalue weighted by Gasteiger charge is 2.55. The van der Waals surface area contributed by atoms with Gasteiger partial charge in [-0.3, -0.25) is 4.90 Å². The standard InChI is InChI=1S/C20H27BFNO2/c1-19(2)20(3,4)25-21(24-19)18(22)17-15-10-16(17)13-23(12-15)11-14-8-6-5-7-9-14/h5-9,15-16H,10-13H2,1-4H3. The summed E-state index contributed by atoms with van der Waals surface area (Å²) >= 11 is 0. The molecule has 0 radical (unpaired) electrons. The van der Waals surface area contributed by atoms with Gasteiger partial charge in [-0.1, -0.05) is 30.3 Å². The van der Waals surface area contributed by atoms with E-state index in [-0.39, 0.29) is 5.73 Å². The molecule has 3 heterocycles. The van der Waals surface area contributed by atoms with Gasteiger partial charge >= 0.3 is 7.12 Å². The van der Waals surface area contributed by atoms with Crippen molar-refractivity contribution in [2.24, 2.45) is 11.8 Å². The van der Waals surface area contributed by atoms with Crippen molar-refractivity contribution in [3.63, 3.8) is 0 Å². The summed E-state index contributed by atoms with van der Waals surface area (Å²) in [5.74, 6) is 0.614. The lowest BCUT2D eigenvalue weighted by molar-refractivity contribution is 0.00578. The first-order valence-electron chi connectivity index (χ1n) is 9.28. The van der Waals surface area contributed by atoms with Crippen LogP contribution in [-0.4, -0.2) is 36.3 Å². The van der Waals surface area contributed by atoms with Crippen molar-refractivity contribution < 1.29 is 13.7 Å². The van der Waals surface area contributed by atoms with E-state index in [2.05, 4.69) is 29.2 Å². The zero-order chi connectivity index (χ0) is 17.8. The van der Waals surface area contributed by atoms with E-state index >= 15 is 4.39 Å². The number of nitrogens with zero attached hydrogens (tertiary/aromatic N) is 1. The largest absolute Gasteiger partial charge is 0.525 e. The highest BCUT2D eigenvalue weighted by molar-refractivity contribution is 6.54. The van der Waals surface area contributed by atoms with Crippen LogP contribution in [0, 0.1) is 11.8 Å². The summed E-state index contributed by atoms with van der Waals surface area (Å²) in [6, 6.07) is 10.5. The number of benzene rings is 1. The molecule has 3 saturated heterocycles. The van der Waals surface area contributed by atoms with E-state index in [0.29, 0.717) is 11.8 Å². The number of piperidine rings is 2. The Morgan fingerprint density at radius 3 is 2.20 bits per heavy atom. The van der Waals surface area contributed by atoms with Crippen molar-refractivity contribution in [3.8, 4) is 0 Å². The van der Waals surface area contributed by atoms with Crippen molar-refractivity contribution in [1.82, 2.24) is 4.90 Å². The van der Waals surface area contributed by atoms with Crippen molar-refractivity contribution in [3.05, 3.63) is 47.2 Å². The summed E-state index contributed by atoms with van der Waals surface area (Å²) in [6.45, 7) is 10.7. The minimum atomic E-state index is -0.842. The fourth-order valence-corrected chi connectivity index (χ4v) is 4.26. The summed E-state index contributed by atoms with van der Waals surface area (Å²) in [6.07, 6.45) is 1.09. The zero-order valence-electron chi connectivity index (χ0n) is 15.6. The number of fused-ring (bicyclic) bond motifs is 2. The van der Waals surface area contributed by atoms with Gasteiger partial charge in [0.05, 0.1) is 11.2 Å². The normalized spacial score (nSPS) is 30.3. The quantitative estimate of drug-likeness (QED) is 0.775. The average molecular weight is 343 g/mol. The Kier molecular flexibility index (Phi) is 4.10. The summed E-state index contributed by atoms with van der Waals surface area (Å²) in [4.78, 5) is 2.44. The summed E-state index contributed by atoms with van der Waals surface area (Å²) in [7, 11) is -0.842. The molecule has 0 aromatic heterocycles. The molecule has 3 aliphatic heterocycles. The summed E-state index contributed by atoms with van der Waals surface area (Å²) in [5, 5.41) is 0. The van der Waals surface area contributed by atoms with Crippen molar-refractivity contribution >= 4 is 7.12 Å². The minimum Gasteiger partial charge on any atom is -0.398 e. The molecule has 2 atom stereocenters. The second kappa shape index (κ2) is 5.93. The maximum atomic E-state index is 15.1. The molecule has 25 heavy (non-hydrogen) atoms. The van der Waals surface area contributed by atoms with Crippen LogP contribution in [0.25, 0.3) is 0 Å². The van der Waals surface area contributed by atoms with Gasteiger partial charge in [-0.25, -0.2) is 4.39 Å². The predicted molar refractivity (Wildman–Crippen MR) is 97.5 cm³/mol. The monoisotopic (exact) mass is 343 g/mol. The van der Waals surface area contributed by atoms with Crippen molar-refractivity contribution in [2.45, 2.75) is 51.9 Å². The Balaban J connectivity index is 1.45. The highest BCUT2D eigenvalue weighted by Crippen LogP contribution is 2.49. The predicted octanol–water partition coefficient (Wildman–Crippen LogP) is 3.99. The van der Waals surface area contributed by atoms with Gasteiger partial charge in [0.15, 0.2) is 0 Å². The highest BCUT2D eigenvalue weighted by atomic mass is 19.1. The van der Waals surface area contributed by atoms with Gasteiger partial charge < -0.3 is 9.31 Å². The first-order chi connectivity index (χ1) is 11.8. The molecule has 4 fully saturated rings. The molecule has 1 aromatic carbocycles. The van der Waals surface area contributed by atoms with Gasteiger partial charge in [0, 0.05) is 19.6 Å². The lowest BCUT2D eigenvalue weighted by atomic mass is 9.62. The van der Waals surface area contributed by atoms with E-state index < -0.39 is 18.3 Å². The Morgan fingerprint density at radius 1 is 1.08 bits per heavy atom. The zero-order valence-corrected chi connectivity index (χ0v) is 15.6. The molecule has 1 aliphatic carbocycles. The second-order valence-electron chi connectivity index (χ2n) is 8.70. The first kappa shape index (κ1) is 17.3. The van der Waals surface area contributed by atoms with E-state index in [0.717, 1.165) is 31.6 Å². The van der Waals surface area contributed by atoms with Gasteiger partial charge in [-0.2, -0.15) is 0 Å². The van der Waals surface area contributed by atoms with Crippen LogP contribution in [0.5, 0.6) is 0 Å². The minimum absolute atomic E-state index is 0.167. The third kappa shape index (κ3) is 2.96. The topological polar surface area (TPSA) is 21.7 Å². The smallest absolute Gasteiger partial charge is 0.398 e. The SMILES string of the molecule is CC1(C)OB(C(F)=C2C3CC2CN(Cc2ccccc2)C3)OC1(C)C. The lowest BCUT2D eigenvalue weighted by Crippen LogP contribution is -2.51. The third-order valence-corrected chi connectivity index (χ3v) is 6.39. The Morgan fingerprint density at radius 2 is 1.64 bits per heavy atom. The number of rotatable bonds is 3. The molecule has 5 heteroatoms. The van der Waals surface area contributed by atoms with Crippen LogP contribution in [0.3, 0.4) is 0 Å². The number of hydrogen-bond donors (Lipinski definition) is 0. The van der Waals surface area contributed by atoms with Crippen molar-refractivity contribution in [2.75, 3.05) is 13.1 Å². The lowest BCUT2D eigenvalue weighted by Gasteiger charge is -2.50. The molecule has 3 nitrogen and oxygen atoms in total. The molecule has 4 aliphatic rings. The average Bonchev–Trinajstić information content (AvgIpc) is 2.76. The molecule has 5 rings (SSSR count).